The van der Waals surface area contributed by atoms with Gasteiger partial charge >= 0.3 is 0 Å². The number of hydrogen-bond acceptors (Lipinski definition) is 6. The minimum atomic E-state index is 0.00508. The van der Waals surface area contributed by atoms with Gasteiger partial charge in [0.25, 0.3) is 0 Å². The second-order valence-corrected chi connectivity index (χ2v) is 14.8. The van der Waals surface area contributed by atoms with Crippen molar-refractivity contribution in [2.75, 3.05) is 16.5 Å². The Bertz CT molecular complexity index is 2350. The SMILES string of the molecule is CC(C)(C)c1ccnc(N2CN(c3cccc(Oc4ccc5c6ccccc6n(-c6cc(C(C)(C)C)ccn6)c5c4)c3)c3ncccc32)c1. The fraction of sp³-hybridized carbons (Fsp3) is 0.214. The number of ether oxygens (including phenoxy) is 1. The molecule has 1 aliphatic heterocycles. The van der Waals surface area contributed by atoms with E-state index in [1.54, 1.807) is 0 Å². The van der Waals surface area contributed by atoms with Crippen molar-refractivity contribution in [1.29, 1.82) is 0 Å². The van der Waals surface area contributed by atoms with Gasteiger partial charge in [0.05, 0.1) is 16.7 Å². The van der Waals surface area contributed by atoms with Crippen molar-refractivity contribution in [1.82, 2.24) is 19.5 Å². The molecule has 5 heterocycles. The summed E-state index contributed by atoms with van der Waals surface area (Å²) >= 11 is 0. The quantitative estimate of drug-likeness (QED) is 0.186. The van der Waals surface area contributed by atoms with Crippen LogP contribution >= 0.6 is 0 Å². The van der Waals surface area contributed by atoms with Crippen LogP contribution in [-0.4, -0.2) is 26.2 Å². The van der Waals surface area contributed by atoms with Crippen LogP contribution in [0.5, 0.6) is 11.5 Å². The summed E-state index contributed by atoms with van der Waals surface area (Å²) in [6.07, 6.45) is 5.65. The van der Waals surface area contributed by atoms with E-state index >= 15 is 0 Å². The summed E-state index contributed by atoms with van der Waals surface area (Å²) in [6.45, 7) is 13.9. The second kappa shape index (κ2) is 11.5. The Labute approximate surface area is 287 Å². The zero-order valence-electron chi connectivity index (χ0n) is 28.8. The molecule has 0 atom stereocenters. The molecule has 49 heavy (non-hydrogen) atoms. The maximum absolute atomic E-state index is 6.60. The summed E-state index contributed by atoms with van der Waals surface area (Å²) < 4.78 is 8.84. The third-order valence-electron chi connectivity index (χ3n) is 9.33. The van der Waals surface area contributed by atoms with Crippen molar-refractivity contribution in [3.63, 3.8) is 0 Å². The number of hydrogen-bond donors (Lipinski definition) is 0. The summed E-state index contributed by atoms with van der Waals surface area (Å²) in [5.74, 6) is 4.19. The molecule has 7 heteroatoms. The Morgan fingerprint density at radius 2 is 1.24 bits per heavy atom. The lowest BCUT2D eigenvalue weighted by Gasteiger charge is -2.24. The van der Waals surface area contributed by atoms with Crippen LogP contribution in [0, 0.1) is 0 Å². The minimum absolute atomic E-state index is 0.00508. The topological polar surface area (TPSA) is 59.3 Å². The summed E-state index contributed by atoms with van der Waals surface area (Å²) in [7, 11) is 0. The molecule has 3 aromatic carbocycles. The number of rotatable bonds is 5. The molecule has 1 aliphatic rings. The molecule has 0 amide bonds. The van der Waals surface area contributed by atoms with Crippen LogP contribution < -0.4 is 14.5 Å². The van der Waals surface area contributed by atoms with Crippen molar-refractivity contribution in [3.8, 4) is 17.3 Å². The van der Waals surface area contributed by atoms with Crippen molar-refractivity contribution >= 4 is 44.8 Å². The van der Waals surface area contributed by atoms with Gasteiger partial charge in [-0.1, -0.05) is 65.8 Å². The van der Waals surface area contributed by atoms with Crippen molar-refractivity contribution < 1.29 is 4.74 Å². The van der Waals surface area contributed by atoms with Gasteiger partial charge in [-0.15, -0.1) is 0 Å². The third-order valence-corrected chi connectivity index (χ3v) is 9.33. The number of anilines is 4. The largest absolute Gasteiger partial charge is 0.457 e. The summed E-state index contributed by atoms with van der Waals surface area (Å²) in [5.41, 5.74) is 6.68. The number of nitrogens with zero attached hydrogens (tertiary/aromatic N) is 6. The first-order valence-electron chi connectivity index (χ1n) is 16.8. The standard InChI is InChI=1S/C42H40N6O/c1-41(2,3)28-18-21-43-38(23-28)47-27-46(40-36(47)15-10-20-45-40)30-11-9-12-31(25-30)49-32-16-17-34-33-13-7-8-14-35(33)48(37(34)26-32)39-24-29(19-22-44-39)42(4,5)6/h7-26H,27H2,1-6H3. The highest BCUT2D eigenvalue weighted by Gasteiger charge is 2.31. The third kappa shape index (κ3) is 5.55. The number of fused-ring (bicyclic) bond motifs is 4. The fourth-order valence-electron chi connectivity index (χ4n) is 6.64. The van der Waals surface area contributed by atoms with Gasteiger partial charge in [-0.3, -0.25) is 4.57 Å². The molecule has 7 nitrogen and oxygen atoms in total. The van der Waals surface area contributed by atoms with Gasteiger partial charge in [-0.05, 0) is 88.7 Å². The first-order valence-corrected chi connectivity index (χ1v) is 16.8. The van der Waals surface area contributed by atoms with Gasteiger partial charge in [0.1, 0.15) is 29.8 Å². The monoisotopic (exact) mass is 644 g/mol. The van der Waals surface area contributed by atoms with Crippen LogP contribution in [0.3, 0.4) is 0 Å². The van der Waals surface area contributed by atoms with Crippen molar-refractivity contribution in [2.45, 2.75) is 52.4 Å². The zero-order chi connectivity index (χ0) is 33.9. The van der Waals surface area contributed by atoms with Crippen LogP contribution in [0.1, 0.15) is 52.7 Å². The van der Waals surface area contributed by atoms with Gasteiger partial charge in [-0.25, -0.2) is 15.0 Å². The predicted molar refractivity (Wildman–Crippen MR) is 200 cm³/mol. The lowest BCUT2D eigenvalue weighted by atomic mass is 9.88. The van der Waals surface area contributed by atoms with E-state index in [4.69, 9.17) is 19.7 Å². The molecule has 0 saturated carbocycles. The van der Waals surface area contributed by atoms with Gasteiger partial charge in [0, 0.05) is 47.2 Å². The first-order chi connectivity index (χ1) is 23.5. The zero-order valence-corrected chi connectivity index (χ0v) is 28.8. The number of para-hydroxylation sites is 1. The van der Waals surface area contributed by atoms with Crippen LogP contribution in [0.4, 0.5) is 23.0 Å². The Kier molecular flexibility index (Phi) is 7.18. The molecule has 7 aromatic rings. The van der Waals surface area contributed by atoms with Crippen LogP contribution in [0.2, 0.25) is 0 Å². The molecule has 0 aliphatic carbocycles. The number of aromatic nitrogens is 4. The molecule has 0 N–H and O–H groups in total. The van der Waals surface area contributed by atoms with E-state index in [2.05, 4.69) is 135 Å². The lowest BCUT2D eigenvalue weighted by molar-refractivity contribution is 0.483. The molecule has 0 unspecified atom stereocenters. The highest BCUT2D eigenvalue weighted by Crippen LogP contribution is 2.44. The molecule has 0 radical (unpaired) electrons. The fourth-order valence-corrected chi connectivity index (χ4v) is 6.64. The van der Waals surface area contributed by atoms with Crippen LogP contribution in [-0.2, 0) is 10.8 Å². The Balaban J connectivity index is 1.15. The van der Waals surface area contributed by atoms with Gasteiger partial charge in [0.2, 0.25) is 0 Å². The summed E-state index contributed by atoms with van der Waals surface area (Å²) in [4.78, 5) is 18.8. The van der Waals surface area contributed by atoms with E-state index in [-0.39, 0.29) is 10.8 Å². The van der Waals surface area contributed by atoms with E-state index in [1.807, 2.05) is 42.9 Å². The average Bonchev–Trinajstić information content (AvgIpc) is 3.64. The van der Waals surface area contributed by atoms with E-state index < -0.39 is 0 Å². The van der Waals surface area contributed by atoms with Crippen molar-refractivity contribution in [3.05, 3.63) is 133 Å². The smallest absolute Gasteiger partial charge is 0.158 e. The Hall–Kier alpha value is -5.69. The van der Waals surface area contributed by atoms with Crippen molar-refractivity contribution in [2.24, 2.45) is 0 Å². The highest BCUT2D eigenvalue weighted by atomic mass is 16.5. The normalized spacial score (nSPS) is 13.3. The molecule has 0 spiro atoms. The highest BCUT2D eigenvalue weighted by molar-refractivity contribution is 6.09. The van der Waals surface area contributed by atoms with E-state index in [1.165, 1.54) is 16.5 Å². The Morgan fingerprint density at radius 1 is 0.551 bits per heavy atom. The first kappa shape index (κ1) is 30.6. The number of benzene rings is 3. The molecule has 8 rings (SSSR count). The Morgan fingerprint density at radius 3 is 2.02 bits per heavy atom. The molecule has 0 fully saturated rings. The van der Waals surface area contributed by atoms with Gasteiger partial charge < -0.3 is 14.5 Å². The molecule has 0 saturated heterocycles. The van der Waals surface area contributed by atoms with Gasteiger partial charge in [-0.2, -0.15) is 0 Å². The molecule has 0 bridgehead atoms. The number of pyridine rings is 3. The predicted octanol–water partition coefficient (Wildman–Crippen LogP) is 10.6. The molecular formula is C42H40N6O. The molecular weight excluding hydrogens is 605 g/mol. The molecule has 4 aromatic heterocycles. The van der Waals surface area contributed by atoms with Crippen LogP contribution in [0.25, 0.3) is 27.6 Å². The van der Waals surface area contributed by atoms with E-state index in [9.17, 15) is 0 Å². The average molecular weight is 645 g/mol. The maximum atomic E-state index is 6.60. The van der Waals surface area contributed by atoms with Gasteiger partial charge in [0.15, 0.2) is 5.82 Å². The summed E-state index contributed by atoms with van der Waals surface area (Å²) in [6, 6.07) is 35.7. The van der Waals surface area contributed by atoms with E-state index in [0.717, 1.165) is 56.7 Å². The maximum Gasteiger partial charge on any atom is 0.158 e. The lowest BCUT2D eigenvalue weighted by Crippen LogP contribution is -2.25. The minimum Gasteiger partial charge on any atom is -0.457 e. The van der Waals surface area contributed by atoms with E-state index in [0.29, 0.717) is 6.67 Å². The summed E-state index contributed by atoms with van der Waals surface area (Å²) in [5, 5.41) is 2.34. The molecule has 244 valence electrons. The van der Waals surface area contributed by atoms with Crippen LogP contribution in [0.15, 0.2) is 122 Å². The second-order valence-electron chi connectivity index (χ2n) is 14.8.